The molecular formula is C23H16N2O3. The Morgan fingerprint density at radius 1 is 0.929 bits per heavy atom. The van der Waals surface area contributed by atoms with Crippen LogP contribution in [0, 0.1) is 0 Å². The molecule has 28 heavy (non-hydrogen) atoms. The molecule has 5 nitrogen and oxygen atoms in total. The van der Waals surface area contributed by atoms with Crippen LogP contribution in [-0.4, -0.2) is 21.8 Å². The van der Waals surface area contributed by atoms with Crippen LogP contribution >= 0.6 is 0 Å². The molecule has 0 saturated heterocycles. The van der Waals surface area contributed by atoms with Crippen LogP contribution in [0.4, 0.5) is 5.69 Å². The summed E-state index contributed by atoms with van der Waals surface area (Å²) < 4.78 is 0. The van der Waals surface area contributed by atoms with Crippen molar-refractivity contribution in [3.05, 3.63) is 101 Å². The third-order valence-electron chi connectivity index (χ3n) is 5.37. The summed E-state index contributed by atoms with van der Waals surface area (Å²) in [7, 11) is 0. The minimum atomic E-state index is -1.12. The van der Waals surface area contributed by atoms with Crippen molar-refractivity contribution in [3.63, 3.8) is 0 Å². The molecule has 0 radical (unpaired) electrons. The molecule has 2 heterocycles. The molecule has 0 aliphatic carbocycles. The fraction of sp³-hybridized carbons (Fsp3) is 0.0435. The summed E-state index contributed by atoms with van der Waals surface area (Å²) in [5.41, 5.74) is 2.73. The number of para-hydroxylation sites is 1. The Labute approximate surface area is 160 Å². The van der Waals surface area contributed by atoms with Gasteiger partial charge in [-0.15, -0.1) is 0 Å². The number of fused-ring (bicyclic) bond motifs is 2. The molecule has 0 bridgehead atoms. The van der Waals surface area contributed by atoms with Gasteiger partial charge in [0.25, 0.3) is 0 Å². The highest BCUT2D eigenvalue weighted by Crippen LogP contribution is 2.46. The second-order valence-corrected chi connectivity index (χ2v) is 6.88. The van der Waals surface area contributed by atoms with E-state index in [9.17, 15) is 14.7 Å². The molecule has 3 N–H and O–H groups in total. The Bertz CT molecular complexity index is 1240. The number of Topliss-reactive ketones (excluding diaryl/α,β-unsaturated/α-hetero) is 1. The van der Waals surface area contributed by atoms with E-state index >= 15 is 0 Å². The van der Waals surface area contributed by atoms with Crippen LogP contribution in [0.25, 0.3) is 10.9 Å². The molecule has 5 rings (SSSR count). The van der Waals surface area contributed by atoms with E-state index in [2.05, 4.69) is 10.3 Å². The van der Waals surface area contributed by atoms with Crippen molar-refractivity contribution in [1.82, 2.24) is 4.98 Å². The Balaban J connectivity index is 1.83. The monoisotopic (exact) mass is 368 g/mol. The fourth-order valence-corrected chi connectivity index (χ4v) is 4.05. The molecule has 136 valence electrons. The van der Waals surface area contributed by atoms with E-state index in [-0.39, 0.29) is 11.3 Å². The first-order valence-corrected chi connectivity index (χ1v) is 8.94. The summed E-state index contributed by atoms with van der Waals surface area (Å²) in [4.78, 5) is 28.4. The third kappa shape index (κ3) is 2.13. The second kappa shape index (κ2) is 5.82. The lowest BCUT2D eigenvalue weighted by Gasteiger charge is -2.29. The van der Waals surface area contributed by atoms with Gasteiger partial charge in [-0.1, -0.05) is 42.5 Å². The number of hydrogen-bond donors (Lipinski definition) is 3. The molecule has 0 spiro atoms. The van der Waals surface area contributed by atoms with Crippen LogP contribution in [0.1, 0.15) is 31.8 Å². The molecule has 0 saturated carbocycles. The summed E-state index contributed by atoms with van der Waals surface area (Å²) >= 11 is 0. The number of H-pyrrole nitrogens is 1. The lowest BCUT2D eigenvalue weighted by Crippen LogP contribution is -2.39. The van der Waals surface area contributed by atoms with Gasteiger partial charge in [-0.25, -0.2) is 4.79 Å². The van der Waals surface area contributed by atoms with E-state index in [1.807, 2.05) is 54.6 Å². The third-order valence-corrected chi connectivity index (χ3v) is 5.37. The number of aromatic nitrogens is 1. The summed E-state index contributed by atoms with van der Waals surface area (Å²) in [5.74, 6) is -1.06. The van der Waals surface area contributed by atoms with Crippen LogP contribution in [0.15, 0.2) is 79.0 Å². The molecule has 1 unspecified atom stereocenters. The van der Waals surface area contributed by atoms with Gasteiger partial charge >= 0.3 is 5.97 Å². The van der Waals surface area contributed by atoms with E-state index in [4.69, 9.17) is 0 Å². The summed E-state index contributed by atoms with van der Waals surface area (Å²) in [6, 6.07) is 21.9. The zero-order chi connectivity index (χ0) is 19.3. The van der Waals surface area contributed by atoms with Crippen molar-refractivity contribution in [2.75, 3.05) is 5.32 Å². The highest BCUT2D eigenvalue weighted by molar-refractivity contribution is 6.17. The Morgan fingerprint density at radius 2 is 1.68 bits per heavy atom. The number of anilines is 1. The van der Waals surface area contributed by atoms with Crippen molar-refractivity contribution in [1.29, 1.82) is 0 Å². The molecule has 1 aliphatic rings. The number of rotatable bonds is 3. The number of carbonyl (C=O) groups excluding carboxylic acids is 1. The van der Waals surface area contributed by atoms with Crippen molar-refractivity contribution >= 4 is 28.3 Å². The first-order chi connectivity index (χ1) is 13.6. The van der Waals surface area contributed by atoms with Gasteiger partial charge < -0.3 is 15.4 Å². The summed E-state index contributed by atoms with van der Waals surface area (Å²) in [6.07, 6.45) is 1.79. The molecule has 0 amide bonds. The normalized spacial score (nSPS) is 18.1. The Kier molecular flexibility index (Phi) is 3.39. The van der Waals surface area contributed by atoms with Gasteiger partial charge in [0.15, 0.2) is 11.3 Å². The highest BCUT2D eigenvalue weighted by Gasteiger charge is 2.49. The van der Waals surface area contributed by atoms with Crippen molar-refractivity contribution in [2.45, 2.75) is 5.54 Å². The molecular weight excluding hydrogens is 352 g/mol. The van der Waals surface area contributed by atoms with Gasteiger partial charge in [-0.2, -0.15) is 0 Å². The number of carboxylic acid groups (broad SMARTS) is 1. The number of carboxylic acids is 1. The average molecular weight is 368 g/mol. The quantitative estimate of drug-likeness (QED) is 0.500. The minimum Gasteiger partial charge on any atom is -0.478 e. The van der Waals surface area contributed by atoms with Crippen molar-refractivity contribution < 1.29 is 14.7 Å². The van der Waals surface area contributed by atoms with E-state index in [1.54, 1.807) is 24.4 Å². The molecule has 1 aliphatic heterocycles. The number of ketones is 1. The molecule has 1 aromatic heterocycles. The number of benzene rings is 3. The van der Waals surface area contributed by atoms with Gasteiger partial charge in [0.05, 0.1) is 5.56 Å². The Hall–Kier alpha value is -3.86. The smallest absolute Gasteiger partial charge is 0.335 e. The van der Waals surface area contributed by atoms with Gasteiger partial charge in [0.2, 0.25) is 0 Å². The average Bonchev–Trinajstić information content (AvgIpc) is 3.28. The molecule has 3 aromatic carbocycles. The topological polar surface area (TPSA) is 82.2 Å². The largest absolute Gasteiger partial charge is 0.478 e. The molecule has 0 fully saturated rings. The Morgan fingerprint density at radius 3 is 2.43 bits per heavy atom. The minimum absolute atomic E-state index is 0.0593. The summed E-state index contributed by atoms with van der Waals surface area (Å²) in [5, 5.41) is 13.6. The number of aromatic carboxylic acids is 1. The predicted molar refractivity (Wildman–Crippen MR) is 107 cm³/mol. The first-order valence-electron chi connectivity index (χ1n) is 8.94. The highest BCUT2D eigenvalue weighted by atomic mass is 16.4. The molecule has 1 atom stereocenters. The van der Waals surface area contributed by atoms with Crippen LogP contribution in [0.3, 0.4) is 0 Å². The van der Waals surface area contributed by atoms with Gasteiger partial charge in [0.1, 0.15) is 0 Å². The van der Waals surface area contributed by atoms with Crippen LogP contribution < -0.4 is 5.32 Å². The maximum Gasteiger partial charge on any atom is 0.335 e. The maximum absolute atomic E-state index is 13.7. The van der Waals surface area contributed by atoms with Crippen molar-refractivity contribution in [2.24, 2.45) is 0 Å². The van der Waals surface area contributed by atoms with Crippen LogP contribution in [0.2, 0.25) is 0 Å². The van der Waals surface area contributed by atoms with E-state index < -0.39 is 11.5 Å². The predicted octanol–water partition coefficient (Wildman–Crippen LogP) is 4.42. The zero-order valence-corrected chi connectivity index (χ0v) is 14.8. The van der Waals surface area contributed by atoms with E-state index in [1.165, 1.54) is 0 Å². The standard InChI is InChI=1S/C23H16N2O3/c26-21-16-8-4-5-9-20(16)25-23(21,15-6-2-1-3-7-15)18-13-24-19-11-10-14(22(27)28)12-17(18)19/h1-13,24-25H,(H,27,28). The lowest BCUT2D eigenvalue weighted by atomic mass is 9.79. The number of nitrogens with one attached hydrogen (secondary N) is 2. The number of hydrogen-bond acceptors (Lipinski definition) is 3. The van der Waals surface area contributed by atoms with E-state index in [0.29, 0.717) is 16.5 Å². The maximum atomic E-state index is 13.7. The van der Waals surface area contributed by atoms with Crippen LogP contribution in [-0.2, 0) is 5.54 Å². The zero-order valence-electron chi connectivity index (χ0n) is 14.8. The molecule has 4 aromatic rings. The van der Waals surface area contributed by atoms with Gasteiger partial charge in [-0.3, -0.25) is 4.79 Å². The van der Waals surface area contributed by atoms with Gasteiger partial charge in [0, 0.05) is 33.9 Å². The van der Waals surface area contributed by atoms with Crippen LogP contribution in [0.5, 0.6) is 0 Å². The second-order valence-electron chi connectivity index (χ2n) is 6.88. The fourth-order valence-electron chi connectivity index (χ4n) is 4.05. The van der Waals surface area contributed by atoms with Crippen molar-refractivity contribution in [3.8, 4) is 0 Å². The SMILES string of the molecule is O=C(O)c1ccc2[nH]cc(C3(c4ccccc4)Nc4ccccc4C3=O)c2c1. The number of carbonyl (C=O) groups is 2. The first kappa shape index (κ1) is 16.3. The molecule has 5 heteroatoms. The number of aromatic amines is 1. The van der Waals surface area contributed by atoms with Gasteiger partial charge in [-0.05, 0) is 35.9 Å². The lowest BCUT2D eigenvalue weighted by molar-refractivity contribution is 0.0697. The van der Waals surface area contributed by atoms with E-state index in [0.717, 1.165) is 16.8 Å². The summed E-state index contributed by atoms with van der Waals surface area (Å²) in [6.45, 7) is 0.